The van der Waals surface area contributed by atoms with Gasteiger partial charge in [-0.1, -0.05) is 61.4 Å². The topological polar surface area (TPSA) is 105 Å². The lowest BCUT2D eigenvalue weighted by atomic mass is 9.83. The van der Waals surface area contributed by atoms with Crippen LogP contribution in [0.2, 0.25) is 0 Å². The van der Waals surface area contributed by atoms with Gasteiger partial charge in [-0.05, 0) is 72.6 Å². The van der Waals surface area contributed by atoms with E-state index in [1.165, 1.54) is 58.6 Å². The van der Waals surface area contributed by atoms with Crippen molar-refractivity contribution in [1.82, 2.24) is 19.8 Å². The molecule has 4 aromatic rings. The Kier molecular flexibility index (Phi) is 8.41. The van der Waals surface area contributed by atoms with E-state index in [-0.39, 0.29) is 25.5 Å². The molecule has 2 amide bonds. The minimum atomic E-state index is -4.82. The summed E-state index contributed by atoms with van der Waals surface area (Å²) >= 11 is 0. The summed E-state index contributed by atoms with van der Waals surface area (Å²) in [5, 5.41) is 0. The van der Waals surface area contributed by atoms with Crippen molar-refractivity contribution in [1.29, 1.82) is 0 Å². The van der Waals surface area contributed by atoms with Gasteiger partial charge in [0.1, 0.15) is 5.82 Å². The fraction of sp³-hybridized carbons (Fsp3) is 0.324. The van der Waals surface area contributed by atoms with Gasteiger partial charge in [-0.3, -0.25) is 24.5 Å². The number of fused-ring (bicyclic) bond motifs is 1. The molecule has 3 aromatic carbocycles. The number of rotatable bonds is 10. The zero-order valence-electron chi connectivity index (χ0n) is 26.5. The number of carbonyl (C=O) groups is 2. The van der Waals surface area contributed by atoms with Crippen molar-refractivity contribution in [2.24, 2.45) is 16.6 Å². The van der Waals surface area contributed by atoms with Crippen molar-refractivity contribution in [3.63, 3.8) is 0 Å². The molecule has 2 atom stereocenters. The molecule has 1 saturated carbocycles. The van der Waals surface area contributed by atoms with E-state index in [0.717, 1.165) is 24.5 Å². The Morgan fingerprint density at radius 2 is 1.63 bits per heavy atom. The van der Waals surface area contributed by atoms with E-state index >= 15 is 0 Å². The zero-order valence-corrected chi connectivity index (χ0v) is 26.5. The zero-order chi connectivity index (χ0) is 34.3. The van der Waals surface area contributed by atoms with Crippen LogP contribution in [0.15, 0.2) is 90.2 Å². The number of guanidine groups is 1. The molecule has 252 valence electrons. The molecule has 0 radical (unpaired) electrons. The summed E-state index contributed by atoms with van der Waals surface area (Å²) in [6, 6.07) is 17.7. The molecule has 12 heteroatoms. The summed E-state index contributed by atoms with van der Waals surface area (Å²) in [6.45, 7) is 0.0404. The van der Waals surface area contributed by atoms with Crippen LogP contribution in [-0.4, -0.2) is 37.5 Å². The van der Waals surface area contributed by atoms with Gasteiger partial charge in [-0.15, -0.1) is 0 Å². The second-order valence-electron chi connectivity index (χ2n) is 12.9. The molecule has 49 heavy (non-hydrogen) atoms. The SMILES string of the molecule is NC1=N[C@](CCC2CC2)(c2ccc(F)cc2)C(=O)N1C(CCc1ccccc1)c1ccc(C(F)(F)F)c(C(=O)N2Cc3nccnc3C2)c1. The maximum absolute atomic E-state index is 14.7. The van der Waals surface area contributed by atoms with E-state index in [2.05, 4.69) is 9.97 Å². The maximum Gasteiger partial charge on any atom is 0.417 e. The number of aromatic nitrogens is 2. The van der Waals surface area contributed by atoms with Gasteiger partial charge in [0.25, 0.3) is 11.8 Å². The van der Waals surface area contributed by atoms with E-state index in [1.807, 2.05) is 30.3 Å². The number of benzene rings is 3. The van der Waals surface area contributed by atoms with Crippen molar-refractivity contribution in [2.75, 3.05) is 0 Å². The van der Waals surface area contributed by atoms with E-state index < -0.39 is 46.5 Å². The van der Waals surface area contributed by atoms with Crippen molar-refractivity contribution >= 4 is 17.8 Å². The second kappa shape index (κ2) is 12.7. The summed E-state index contributed by atoms with van der Waals surface area (Å²) < 4.78 is 57.3. The van der Waals surface area contributed by atoms with E-state index in [1.54, 1.807) is 0 Å². The van der Waals surface area contributed by atoms with Gasteiger partial charge in [0.2, 0.25) is 0 Å². The van der Waals surface area contributed by atoms with Crippen LogP contribution in [0.1, 0.15) is 82.1 Å². The molecule has 7 rings (SSSR count). The van der Waals surface area contributed by atoms with Crippen LogP contribution in [0, 0.1) is 11.7 Å². The first-order valence-electron chi connectivity index (χ1n) is 16.3. The standard InChI is InChI=1S/C37H34F4N6O2/c38-27-12-10-26(11-13-27)36(17-16-24-6-7-24)34(49)47(35(42)45-36)32(15-8-23-4-2-1-3-5-23)25-9-14-29(37(39,40)41)28(20-25)33(48)46-21-30-31(22-46)44-19-18-43-30/h1-5,9-14,18-20,24,32H,6-8,15-17,21-22H2,(H2,42,45)/t32?,36-/m1/s1. The number of amides is 2. The average molecular weight is 671 g/mol. The lowest BCUT2D eigenvalue weighted by Crippen LogP contribution is -2.45. The van der Waals surface area contributed by atoms with Crippen molar-refractivity contribution in [2.45, 2.75) is 69.4 Å². The van der Waals surface area contributed by atoms with E-state index in [0.29, 0.717) is 47.7 Å². The third-order valence-corrected chi connectivity index (χ3v) is 9.71. The van der Waals surface area contributed by atoms with Gasteiger partial charge in [0.15, 0.2) is 11.5 Å². The number of hydrogen-bond donors (Lipinski definition) is 1. The van der Waals surface area contributed by atoms with Gasteiger partial charge in [-0.25, -0.2) is 9.38 Å². The Balaban J connectivity index is 1.29. The summed E-state index contributed by atoms with van der Waals surface area (Å²) in [6.07, 6.45) is 2.01. The van der Waals surface area contributed by atoms with Gasteiger partial charge >= 0.3 is 6.18 Å². The molecule has 2 N–H and O–H groups in total. The summed E-state index contributed by atoms with van der Waals surface area (Å²) in [7, 11) is 0. The smallest absolute Gasteiger partial charge is 0.369 e. The van der Waals surface area contributed by atoms with E-state index in [9.17, 15) is 27.2 Å². The first-order chi connectivity index (χ1) is 23.5. The normalized spacial score (nSPS) is 19.6. The van der Waals surface area contributed by atoms with Gasteiger partial charge < -0.3 is 10.6 Å². The Morgan fingerprint density at radius 3 is 2.27 bits per heavy atom. The van der Waals surface area contributed by atoms with Crippen LogP contribution in [0.25, 0.3) is 0 Å². The lowest BCUT2D eigenvalue weighted by Gasteiger charge is -2.32. The Labute approximate surface area is 280 Å². The molecule has 0 bridgehead atoms. The van der Waals surface area contributed by atoms with Crippen LogP contribution < -0.4 is 5.73 Å². The molecule has 1 aliphatic carbocycles. The molecule has 8 nitrogen and oxygen atoms in total. The first kappa shape index (κ1) is 32.4. The number of carbonyl (C=O) groups excluding carboxylic acids is 2. The number of hydrogen-bond acceptors (Lipinski definition) is 6. The van der Waals surface area contributed by atoms with E-state index in [4.69, 9.17) is 10.7 Å². The second-order valence-corrected chi connectivity index (χ2v) is 12.9. The number of nitrogens with zero attached hydrogens (tertiary/aromatic N) is 5. The number of aliphatic imine (C=N–C) groups is 1. The minimum absolute atomic E-state index is 0.0202. The first-order valence-corrected chi connectivity index (χ1v) is 16.3. The molecule has 2 aliphatic heterocycles. The number of halogens is 4. The molecule has 1 unspecified atom stereocenters. The summed E-state index contributed by atoms with van der Waals surface area (Å²) in [5.74, 6) is -1.35. The molecular formula is C37H34F4N6O2. The van der Waals surface area contributed by atoms with Crippen molar-refractivity contribution in [3.8, 4) is 0 Å². The lowest BCUT2D eigenvalue weighted by molar-refractivity contribution is -0.138. The largest absolute Gasteiger partial charge is 0.417 e. The molecule has 1 aromatic heterocycles. The van der Waals surface area contributed by atoms with Crippen LogP contribution in [0.3, 0.4) is 0 Å². The molecule has 3 heterocycles. The molecular weight excluding hydrogens is 636 g/mol. The fourth-order valence-corrected chi connectivity index (χ4v) is 6.92. The molecule has 1 fully saturated rings. The predicted molar refractivity (Wildman–Crippen MR) is 173 cm³/mol. The van der Waals surface area contributed by atoms with Gasteiger partial charge in [0, 0.05) is 12.4 Å². The average Bonchev–Trinajstić information content (AvgIpc) is 3.77. The van der Waals surface area contributed by atoms with Crippen LogP contribution in [0.5, 0.6) is 0 Å². The highest BCUT2D eigenvalue weighted by molar-refractivity contribution is 6.07. The van der Waals surface area contributed by atoms with Crippen molar-refractivity contribution in [3.05, 3.63) is 130 Å². The van der Waals surface area contributed by atoms with Crippen LogP contribution >= 0.6 is 0 Å². The molecule has 3 aliphatic rings. The van der Waals surface area contributed by atoms with Crippen LogP contribution in [-0.2, 0) is 36.0 Å². The quantitative estimate of drug-likeness (QED) is 0.189. The highest BCUT2D eigenvalue weighted by Gasteiger charge is 2.52. The highest BCUT2D eigenvalue weighted by Crippen LogP contribution is 2.46. The summed E-state index contributed by atoms with van der Waals surface area (Å²) in [5.41, 5.74) is 6.36. The fourth-order valence-electron chi connectivity index (χ4n) is 6.92. The molecule has 0 spiro atoms. The highest BCUT2D eigenvalue weighted by atomic mass is 19.4. The van der Waals surface area contributed by atoms with Gasteiger partial charge in [-0.2, -0.15) is 13.2 Å². The number of alkyl halides is 3. The Hall–Kier alpha value is -5.13. The van der Waals surface area contributed by atoms with Crippen LogP contribution in [0.4, 0.5) is 17.6 Å². The maximum atomic E-state index is 14.7. The molecule has 0 saturated heterocycles. The number of nitrogens with two attached hydrogens (primary N) is 1. The third-order valence-electron chi connectivity index (χ3n) is 9.71. The number of aryl methyl sites for hydroxylation is 1. The van der Waals surface area contributed by atoms with Crippen molar-refractivity contribution < 1.29 is 27.2 Å². The predicted octanol–water partition coefficient (Wildman–Crippen LogP) is 6.71. The Bertz CT molecular complexity index is 1890. The van der Waals surface area contributed by atoms with Gasteiger partial charge in [0.05, 0.1) is 41.6 Å². The third kappa shape index (κ3) is 6.39. The summed E-state index contributed by atoms with van der Waals surface area (Å²) in [4.78, 5) is 44.5. The monoisotopic (exact) mass is 670 g/mol. The Morgan fingerprint density at radius 1 is 0.959 bits per heavy atom. The minimum Gasteiger partial charge on any atom is -0.369 e.